The van der Waals surface area contributed by atoms with Crippen LogP contribution in [0.5, 0.6) is 0 Å². The summed E-state index contributed by atoms with van der Waals surface area (Å²) in [5, 5.41) is 7.06. The molecule has 6 nitrogen and oxygen atoms in total. The Balaban J connectivity index is 2.10. The summed E-state index contributed by atoms with van der Waals surface area (Å²) in [6.45, 7) is 5.24. The minimum atomic E-state index is -0.135. The molecule has 20 heavy (non-hydrogen) atoms. The van der Waals surface area contributed by atoms with Crippen LogP contribution in [0.25, 0.3) is 6.08 Å². The smallest absolute Gasteiger partial charge is 0.247 e. The third kappa shape index (κ3) is 3.07. The summed E-state index contributed by atoms with van der Waals surface area (Å²) in [5.41, 5.74) is 2.86. The third-order valence-corrected chi connectivity index (χ3v) is 3.53. The highest BCUT2D eigenvalue weighted by atomic mass is 16.2. The van der Waals surface area contributed by atoms with Crippen molar-refractivity contribution in [2.24, 2.45) is 7.05 Å². The van der Waals surface area contributed by atoms with Gasteiger partial charge in [0.25, 0.3) is 0 Å². The number of hydrogen-bond acceptors (Lipinski definition) is 3. The molecule has 1 N–H and O–H groups in total. The maximum Gasteiger partial charge on any atom is 0.247 e. The van der Waals surface area contributed by atoms with Crippen molar-refractivity contribution in [1.29, 1.82) is 0 Å². The highest BCUT2D eigenvalue weighted by molar-refractivity contribution is 5.94. The zero-order valence-corrected chi connectivity index (χ0v) is 12.1. The summed E-state index contributed by atoms with van der Waals surface area (Å²) in [4.78, 5) is 25.1. The number of hydrogen-bond donors (Lipinski definition) is 1. The SMILES string of the molecule is Cc1nn(C)c(C)c1C=CC(=O)N1CCCNC(=O)C1. The molecule has 2 rings (SSSR count). The van der Waals surface area contributed by atoms with Gasteiger partial charge in [-0.1, -0.05) is 0 Å². The minimum absolute atomic E-state index is 0.0991. The average Bonchev–Trinajstić information content (AvgIpc) is 2.59. The van der Waals surface area contributed by atoms with Crippen LogP contribution in [0.1, 0.15) is 23.4 Å². The van der Waals surface area contributed by atoms with Crippen LogP contribution in [-0.4, -0.2) is 46.1 Å². The van der Waals surface area contributed by atoms with Crippen molar-refractivity contribution in [2.75, 3.05) is 19.6 Å². The van der Waals surface area contributed by atoms with Crippen molar-refractivity contribution in [2.45, 2.75) is 20.3 Å². The van der Waals surface area contributed by atoms with Crippen molar-refractivity contribution in [1.82, 2.24) is 20.0 Å². The molecule has 2 heterocycles. The molecule has 2 amide bonds. The lowest BCUT2D eigenvalue weighted by Gasteiger charge is -2.16. The molecule has 0 spiro atoms. The van der Waals surface area contributed by atoms with Gasteiger partial charge in [-0.25, -0.2) is 0 Å². The molecular formula is C14H20N4O2. The van der Waals surface area contributed by atoms with E-state index in [1.54, 1.807) is 15.7 Å². The number of carbonyl (C=O) groups excluding carboxylic acids is 2. The van der Waals surface area contributed by atoms with Crippen LogP contribution in [0.2, 0.25) is 0 Å². The molecule has 1 aliphatic rings. The Morgan fingerprint density at radius 3 is 2.80 bits per heavy atom. The summed E-state index contributed by atoms with van der Waals surface area (Å²) >= 11 is 0. The molecule has 0 unspecified atom stereocenters. The van der Waals surface area contributed by atoms with E-state index in [2.05, 4.69) is 10.4 Å². The highest BCUT2D eigenvalue weighted by Gasteiger charge is 2.17. The third-order valence-electron chi connectivity index (χ3n) is 3.53. The molecule has 6 heteroatoms. The molecule has 0 atom stereocenters. The largest absolute Gasteiger partial charge is 0.354 e. The van der Waals surface area contributed by atoms with E-state index in [0.29, 0.717) is 13.1 Å². The van der Waals surface area contributed by atoms with Crippen molar-refractivity contribution >= 4 is 17.9 Å². The predicted molar refractivity (Wildman–Crippen MR) is 75.9 cm³/mol. The zero-order valence-electron chi connectivity index (χ0n) is 12.1. The fraction of sp³-hybridized carbons (Fsp3) is 0.500. The number of aryl methyl sites for hydroxylation is 2. The Hall–Kier alpha value is -2.11. The maximum atomic E-state index is 12.1. The topological polar surface area (TPSA) is 67.2 Å². The van der Waals surface area contributed by atoms with E-state index in [-0.39, 0.29) is 18.4 Å². The van der Waals surface area contributed by atoms with Crippen LogP contribution in [0.3, 0.4) is 0 Å². The summed E-state index contributed by atoms with van der Waals surface area (Å²) in [6.07, 6.45) is 4.09. The zero-order chi connectivity index (χ0) is 14.7. The Kier molecular flexibility index (Phi) is 4.22. The second-order valence-electron chi connectivity index (χ2n) is 5.00. The Labute approximate surface area is 118 Å². The van der Waals surface area contributed by atoms with Gasteiger partial charge in [-0.05, 0) is 26.3 Å². The first-order chi connectivity index (χ1) is 9.49. The number of amides is 2. The van der Waals surface area contributed by atoms with E-state index in [9.17, 15) is 9.59 Å². The maximum absolute atomic E-state index is 12.1. The predicted octanol–water partition coefficient (Wildman–Crippen LogP) is 0.399. The fourth-order valence-electron chi connectivity index (χ4n) is 2.29. The van der Waals surface area contributed by atoms with Crippen LogP contribution in [-0.2, 0) is 16.6 Å². The first-order valence-corrected chi connectivity index (χ1v) is 6.73. The van der Waals surface area contributed by atoms with E-state index in [1.807, 2.05) is 20.9 Å². The molecule has 1 aromatic heterocycles. The molecule has 0 bridgehead atoms. The van der Waals surface area contributed by atoms with Crippen LogP contribution in [0.4, 0.5) is 0 Å². The number of nitrogens with zero attached hydrogens (tertiary/aromatic N) is 3. The van der Waals surface area contributed by atoms with Crippen LogP contribution in [0.15, 0.2) is 6.08 Å². The number of rotatable bonds is 2. The molecule has 0 aliphatic carbocycles. The quantitative estimate of drug-likeness (QED) is 0.795. The summed E-state index contributed by atoms with van der Waals surface area (Å²) in [6, 6.07) is 0. The van der Waals surface area contributed by atoms with Crippen molar-refractivity contribution in [3.8, 4) is 0 Å². The molecule has 1 aliphatic heterocycles. The molecule has 0 aromatic carbocycles. The number of carbonyl (C=O) groups is 2. The minimum Gasteiger partial charge on any atom is -0.354 e. The van der Waals surface area contributed by atoms with Crippen molar-refractivity contribution < 1.29 is 9.59 Å². The van der Waals surface area contributed by atoms with Gasteiger partial charge in [0.1, 0.15) is 0 Å². The first kappa shape index (κ1) is 14.3. The summed E-state index contributed by atoms with van der Waals surface area (Å²) in [5.74, 6) is -0.234. The summed E-state index contributed by atoms with van der Waals surface area (Å²) < 4.78 is 1.79. The average molecular weight is 276 g/mol. The second-order valence-corrected chi connectivity index (χ2v) is 5.00. The van der Waals surface area contributed by atoms with Crippen LogP contribution < -0.4 is 5.32 Å². The molecule has 1 saturated heterocycles. The lowest BCUT2D eigenvalue weighted by Crippen LogP contribution is -2.36. The van der Waals surface area contributed by atoms with Gasteiger partial charge in [-0.3, -0.25) is 14.3 Å². The van der Waals surface area contributed by atoms with E-state index < -0.39 is 0 Å². The Bertz CT molecular complexity index is 560. The number of aromatic nitrogens is 2. The monoisotopic (exact) mass is 276 g/mol. The van der Waals surface area contributed by atoms with Gasteiger partial charge in [-0.2, -0.15) is 5.10 Å². The van der Waals surface area contributed by atoms with Gasteiger partial charge in [0.05, 0.1) is 12.2 Å². The van der Waals surface area contributed by atoms with Crippen LogP contribution >= 0.6 is 0 Å². The van der Waals surface area contributed by atoms with Gasteiger partial charge >= 0.3 is 0 Å². The lowest BCUT2D eigenvalue weighted by molar-refractivity contribution is -0.131. The van der Waals surface area contributed by atoms with E-state index >= 15 is 0 Å². The van der Waals surface area contributed by atoms with Crippen molar-refractivity contribution in [3.63, 3.8) is 0 Å². The molecule has 1 fully saturated rings. The summed E-state index contributed by atoms with van der Waals surface area (Å²) in [7, 11) is 1.88. The fourth-order valence-corrected chi connectivity index (χ4v) is 2.29. The van der Waals surface area contributed by atoms with E-state index in [4.69, 9.17) is 0 Å². The van der Waals surface area contributed by atoms with Crippen molar-refractivity contribution in [3.05, 3.63) is 23.0 Å². The van der Waals surface area contributed by atoms with Crippen LogP contribution in [0, 0.1) is 13.8 Å². The van der Waals surface area contributed by atoms with Gasteiger partial charge in [0.15, 0.2) is 0 Å². The lowest BCUT2D eigenvalue weighted by atomic mass is 10.2. The van der Waals surface area contributed by atoms with Gasteiger partial charge < -0.3 is 10.2 Å². The van der Waals surface area contributed by atoms with Gasteiger partial charge in [0.2, 0.25) is 11.8 Å². The van der Waals surface area contributed by atoms with E-state index in [1.165, 1.54) is 6.08 Å². The normalized spacial score (nSPS) is 16.4. The molecule has 0 saturated carbocycles. The highest BCUT2D eigenvalue weighted by Crippen LogP contribution is 2.14. The standard InChI is InChI=1S/C14H20N4O2/c1-10-12(11(2)17(3)16-10)5-6-14(20)18-8-4-7-15-13(19)9-18/h5-6H,4,7-9H2,1-3H3,(H,15,19). The molecule has 0 radical (unpaired) electrons. The molecule has 108 valence electrons. The van der Waals surface area contributed by atoms with Gasteiger partial charge in [0, 0.05) is 37.5 Å². The first-order valence-electron chi connectivity index (χ1n) is 6.73. The second kappa shape index (κ2) is 5.90. The molecule has 1 aromatic rings. The number of nitrogens with one attached hydrogen (secondary N) is 1. The Morgan fingerprint density at radius 1 is 1.40 bits per heavy atom. The molecular weight excluding hydrogens is 256 g/mol. The Morgan fingerprint density at radius 2 is 2.15 bits per heavy atom. The van der Waals surface area contributed by atoms with Gasteiger partial charge in [-0.15, -0.1) is 0 Å². The van der Waals surface area contributed by atoms with E-state index in [0.717, 1.165) is 23.4 Å².